The molecule has 94 heavy (non-hydrogen) atoms. The van der Waals surface area contributed by atoms with Crippen molar-refractivity contribution in [2.75, 3.05) is 175 Å². The molecule has 5 rings (SSSR count). The van der Waals surface area contributed by atoms with Crippen LogP contribution in [0.5, 0.6) is 0 Å². The minimum atomic E-state index is -4.50. The molecule has 0 saturated heterocycles. The largest absolute Gasteiger partial charge is 0.416 e. The molecule has 0 unspecified atom stereocenters. The zero-order chi connectivity index (χ0) is 67.9. The number of hydrogen-bond acceptors (Lipinski definition) is 18. The van der Waals surface area contributed by atoms with Crippen LogP contribution in [0.25, 0.3) is 11.3 Å². The Morgan fingerprint density at radius 3 is 1.59 bits per heavy atom. The van der Waals surface area contributed by atoms with Crippen LogP contribution in [-0.4, -0.2) is 196 Å². The first-order chi connectivity index (χ1) is 45.6. The van der Waals surface area contributed by atoms with Gasteiger partial charge in [-0.05, 0) is 131 Å². The Morgan fingerprint density at radius 2 is 1.04 bits per heavy atom. The van der Waals surface area contributed by atoms with Crippen LogP contribution in [0.2, 0.25) is 0 Å². The van der Waals surface area contributed by atoms with Gasteiger partial charge in [-0.2, -0.15) is 13.2 Å². The third-order valence-electron chi connectivity index (χ3n) is 14.1. The SMILES string of the molecule is CCCC(=O)CCCOCCOCCOCCOCCOCCOCCOC.CCN(CC)c1ccc(NC(=O)c2cccc(CCCOCCOCCOCCOCCCS(=O)(=O)c3ccc(C)cc3)c2)c(-c2cc(C(=O)NCc3cccc(C(F)(F)F)c3)ccn2)c1. The van der Waals surface area contributed by atoms with Gasteiger partial charge < -0.3 is 67.6 Å². The molecule has 522 valence electrons. The lowest BCUT2D eigenvalue weighted by Gasteiger charge is -2.23. The van der Waals surface area contributed by atoms with Gasteiger partial charge in [0.1, 0.15) is 5.78 Å². The van der Waals surface area contributed by atoms with Gasteiger partial charge in [-0.1, -0.05) is 48.9 Å². The van der Waals surface area contributed by atoms with Gasteiger partial charge >= 0.3 is 6.18 Å². The van der Waals surface area contributed by atoms with E-state index in [9.17, 15) is 36.0 Å². The van der Waals surface area contributed by atoms with Crippen LogP contribution >= 0.6 is 0 Å². The van der Waals surface area contributed by atoms with Crippen molar-refractivity contribution in [2.24, 2.45) is 0 Å². The molecule has 0 radical (unpaired) electrons. The summed E-state index contributed by atoms with van der Waals surface area (Å²) in [6, 6.07) is 27.8. The Balaban J connectivity index is 0.000000564. The molecule has 5 aromatic rings. The van der Waals surface area contributed by atoms with Crippen molar-refractivity contribution in [1.29, 1.82) is 0 Å². The number of sulfone groups is 1. The summed E-state index contributed by atoms with van der Waals surface area (Å²) < 4.78 is 124. The van der Waals surface area contributed by atoms with Crippen LogP contribution < -0.4 is 15.5 Å². The average molecular weight is 1340 g/mol. The number of Topliss-reactive ketones (excluding diaryl/α,β-unsaturated/α-hetero) is 1. The number of amides is 2. The van der Waals surface area contributed by atoms with E-state index < -0.39 is 27.5 Å². The van der Waals surface area contributed by atoms with E-state index in [0.717, 1.165) is 61.3 Å². The van der Waals surface area contributed by atoms with Crippen LogP contribution in [0.15, 0.2) is 114 Å². The number of methoxy groups -OCH3 is 1. The first kappa shape index (κ1) is 80.2. The number of nitrogens with zero attached hydrogens (tertiary/aromatic N) is 2. The topological polar surface area (TPSA) is 227 Å². The molecule has 0 aliphatic carbocycles. The predicted molar refractivity (Wildman–Crippen MR) is 356 cm³/mol. The summed E-state index contributed by atoms with van der Waals surface area (Å²) in [4.78, 5) is 45.3. The Labute approximate surface area is 554 Å². The summed E-state index contributed by atoms with van der Waals surface area (Å²) in [5.41, 5.74) is 4.63. The first-order valence-electron chi connectivity index (χ1n) is 32.4. The van der Waals surface area contributed by atoms with Crippen LogP contribution in [0.1, 0.15) is 102 Å². The Bertz CT molecular complexity index is 2990. The normalized spacial score (nSPS) is 11.5. The molecule has 4 aromatic carbocycles. The molecular formula is C70H99F3N4O16S. The van der Waals surface area contributed by atoms with Crippen molar-refractivity contribution in [2.45, 2.75) is 90.3 Å². The van der Waals surface area contributed by atoms with Crippen LogP contribution in [0.3, 0.4) is 0 Å². The average Bonchev–Trinajstić information content (AvgIpc) is 0.837. The van der Waals surface area contributed by atoms with Gasteiger partial charge in [0.2, 0.25) is 0 Å². The van der Waals surface area contributed by atoms with Crippen molar-refractivity contribution < 1.29 is 88.1 Å². The highest BCUT2D eigenvalue weighted by molar-refractivity contribution is 7.91. The summed E-state index contributed by atoms with van der Waals surface area (Å²) in [7, 11) is -1.68. The minimum absolute atomic E-state index is 0.0299. The van der Waals surface area contributed by atoms with E-state index in [0.29, 0.717) is 203 Å². The van der Waals surface area contributed by atoms with Crippen molar-refractivity contribution in [3.8, 4) is 11.3 Å². The number of nitrogens with one attached hydrogen (secondary N) is 2. The number of benzene rings is 4. The number of halogens is 3. The second kappa shape index (κ2) is 48.4. The highest BCUT2D eigenvalue weighted by Gasteiger charge is 2.30. The molecule has 2 amide bonds. The van der Waals surface area contributed by atoms with Gasteiger partial charge in [0.25, 0.3) is 11.8 Å². The van der Waals surface area contributed by atoms with Crippen molar-refractivity contribution in [1.82, 2.24) is 10.3 Å². The number of alkyl halides is 3. The molecule has 0 saturated carbocycles. The fourth-order valence-corrected chi connectivity index (χ4v) is 10.3. The number of aromatic nitrogens is 1. The van der Waals surface area contributed by atoms with E-state index >= 15 is 0 Å². The van der Waals surface area contributed by atoms with Crippen LogP contribution in [0.4, 0.5) is 24.5 Å². The number of pyridine rings is 1. The van der Waals surface area contributed by atoms with Crippen LogP contribution in [-0.2, 0) is 85.9 Å². The van der Waals surface area contributed by atoms with E-state index in [2.05, 4.69) is 20.5 Å². The van der Waals surface area contributed by atoms with E-state index in [-0.39, 0.29) is 23.8 Å². The first-order valence-corrected chi connectivity index (χ1v) is 34.0. The number of carbonyl (C=O) groups excluding carboxylic acids is 3. The summed E-state index contributed by atoms with van der Waals surface area (Å²) in [6.07, 6.45) is 1.81. The second-order valence-electron chi connectivity index (χ2n) is 21.5. The monoisotopic (exact) mass is 1340 g/mol. The summed E-state index contributed by atoms with van der Waals surface area (Å²) in [5, 5.41) is 5.74. The number of ether oxygens (including phenoxy) is 11. The maximum atomic E-state index is 13.7. The summed E-state index contributed by atoms with van der Waals surface area (Å²) in [6.45, 7) is 19.8. The maximum absolute atomic E-state index is 13.7. The molecule has 0 atom stereocenters. The summed E-state index contributed by atoms with van der Waals surface area (Å²) >= 11 is 0. The van der Waals surface area contributed by atoms with Gasteiger partial charge in [0, 0.05) is 88.0 Å². The number of ketones is 1. The minimum Gasteiger partial charge on any atom is -0.382 e. The number of hydrogen-bond donors (Lipinski definition) is 2. The van der Waals surface area contributed by atoms with Crippen molar-refractivity contribution in [3.63, 3.8) is 0 Å². The molecule has 1 heterocycles. The fourth-order valence-electron chi connectivity index (χ4n) is 9.04. The lowest BCUT2D eigenvalue weighted by Crippen LogP contribution is -2.23. The molecule has 2 N–H and O–H groups in total. The molecule has 1 aromatic heterocycles. The number of rotatable bonds is 51. The van der Waals surface area contributed by atoms with Crippen molar-refractivity contribution >= 4 is 38.8 Å². The molecule has 0 fully saturated rings. The van der Waals surface area contributed by atoms with Gasteiger partial charge in [-0.3, -0.25) is 19.4 Å². The standard InChI is InChI=1S/C50H59F3N4O8S.C20H40O8/c1-4-57(5-2)43-17-20-46(45(35-43)47-34-41(21-22-54-47)48(58)55-36-39-11-7-14-42(33-39)50(51,52)53)56-49(59)40-13-6-10-38(32-40)12-8-23-62-25-27-64-29-30-65-28-26-63-24-9-31-66(60,61)44-18-15-37(3)16-19-44;1-3-5-20(21)6-4-7-23-10-11-25-14-15-27-18-19-28-17-16-26-13-12-24-9-8-22-2/h6-7,10-11,13-22,32-35H,4-5,8-9,12,23-31,36H2,1-3H3,(H,55,58)(H,56,59);3-19H2,1-2H3. The van der Waals surface area contributed by atoms with E-state index in [4.69, 9.17) is 52.1 Å². The molecule has 24 heteroatoms. The third-order valence-corrected chi connectivity index (χ3v) is 15.9. The van der Waals surface area contributed by atoms with Gasteiger partial charge in [-0.15, -0.1) is 0 Å². The molecular weight excluding hydrogens is 1240 g/mol. The highest BCUT2D eigenvalue weighted by atomic mass is 32.2. The smallest absolute Gasteiger partial charge is 0.382 e. The lowest BCUT2D eigenvalue weighted by molar-refractivity contribution is -0.137. The lowest BCUT2D eigenvalue weighted by atomic mass is 10.0. The number of aryl methyl sites for hydroxylation is 2. The Hall–Kier alpha value is -6.26. The molecule has 0 bridgehead atoms. The van der Waals surface area contributed by atoms with Gasteiger partial charge in [0.15, 0.2) is 9.84 Å². The fraction of sp³-hybridized carbons (Fsp3) is 0.543. The number of carbonyl (C=O) groups is 3. The number of anilines is 2. The molecule has 0 spiro atoms. The van der Waals surface area contributed by atoms with Gasteiger partial charge in [-0.25, -0.2) is 8.42 Å². The zero-order valence-corrected chi connectivity index (χ0v) is 56.3. The van der Waals surface area contributed by atoms with Gasteiger partial charge in [0.05, 0.1) is 147 Å². The van der Waals surface area contributed by atoms with Crippen LogP contribution in [0, 0.1) is 6.92 Å². The summed E-state index contributed by atoms with van der Waals surface area (Å²) in [5.74, 6) is -0.462. The highest BCUT2D eigenvalue weighted by Crippen LogP contribution is 2.33. The van der Waals surface area contributed by atoms with E-state index in [1.807, 2.05) is 64.1 Å². The Kier molecular flexibility index (Phi) is 41.3. The zero-order valence-electron chi connectivity index (χ0n) is 55.5. The van der Waals surface area contributed by atoms with Crippen molar-refractivity contribution in [3.05, 3.63) is 143 Å². The van der Waals surface area contributed by atoms with E-state index in [1.54, 1.807) is 43.5 Å². The maximum Gasteiger partial charge on any atom is 0.416 e. The van der Waals surface area contributed by atoms with E-state index in [1.165, 1.54) is 24.4 Å². The quantitative estimate of drug-likeness (QED) is 0.0345. The molecule has 0 aliphatic rings. The second-order valence-corrected chi connectivity index (χ2v) is 23.6. The predicted octanol–water partition coefficient (Wildman–Crippen LogP) is 10.8. The molecule has 0 aliphatic heterocycles. The third kappa shape index (κ3) is 34.4. The molecule has 20 nitrogen and oxygen atoms in total. The Morgan fingerprint density at radius 1 is 0.532 bits per heavy atom.